The highest BCUT2D eigenvalue weighted by Gasteiger charge is 2.35. The first kappa shape index (κ1) is 17.7. The topological polar surface area (TPSA) is 77.1 Å². The van der Waals surface area contributed by atoms with Gasteiger partial charge in [-0.3, -0.25) is 14.3 Å². The second kappa shape index (κ2) is 6.76. The van der Waals surface area contributed by atoms with Crippen LogP contribution in [0.5, 0.6) is 0 Å². The van der Waals surface area contributed by atoms with Crippen LogP contribution >= 0.6 is 0 Å². The summed E-state index contributed by atoms with van der Waals surface area (Å²) in [4.78, 5) is 19.1. The summed E-state index contributed by atoms with van der Waals surface area (Å²) in [7, 11) is 0. The number of halogens is 3. The van der Waals surface area contributed by atoms with Crippen LogP contribution in [0.15, 0.2) is 39.9 Å². The van der Waals surface area contributed by atoms with Crippen molar-refractivity contribution in [1.29, 1.82) is 0 Å². The number of alkyl halides is 3. The maximum absolute atomic E-state index is 13.2. The lowest BCUT2D eigenvalue weighted by Gasteiger charge is -2.25. The van der Waals surface area contributed by atoms with Crippen molar-refractivity contribution < 1.29 is 17.6 Å². The van der Waals surface area contributed by atoms with Crippen molar-refractivity contribution in [2.75, 3.05) is 6.54 Å². The summed E-state index contributed by atoms with van der Waals surface area (Å²) in [5.41, 5.74) is -0.293. The maximum Gasteiger partial charge on any atom is 0.406 e. The summed E-state index contributed by atoms with van der Waals surface area (Å²) in [6.07, 6.45) is -1.96. The van der Waals surface area contributed by atoms with Gasteiger partial charge in [0.1, 0.15) is 12.4 Å². The van der Waals surface area contributed by atoms with Crippen LogP contribution in [0.25, 0.3) is 10.9 Å². The minimum atomic E-state index is -4.53. The summed E-state index contributed by atoms with van der Waals surface area (Å²) >= 11 is 0. The number of para-hydroxylation sites is 1. The van der Waals surface area contributed by atoms with Gasteiger partial charge in [0.25, 0.3) is 5.56 Å². The van der Waals surface area contributed by atoms with E-state index in [9.17, 15) is 18.0 Å². The van der Waals surface area contributed by atoms with Crippen molar-refractivity contribution in [2.24, 2.45) is 0 Å². The third-order valence-corrected chi connectivity index (χ3v) is 4.63. The Balaban J connectivity index is 1.81. The normalized spacial score (nSPS) is 18.4. The summed E-state index contributed by atoms with van der Waals surface area (Å²) in [5, 5.41) is 7.62. The number of rotatable bonds is 4. The molecular weight excluding hydrogens is 363 g/mol. The van der Waals surface area contributed by atoms with Gasteiger partial charge in [0.2, 0.25) is 12.3 Å². The van der Waals surface area contributed by atoms with Gasteiger partial charge in [0, 0.05) is 0 Å². The Morgan fingerprint density at radius 2 is 2.07 bits per heavy atom. The van der Waals surface area contributed by atoms with Gasteiger partial charge < -0.3 is 4.42 Å². The minimum Gasteiger partial charge on any atom is -0.427 e. The zero-order valence-electron chi connectivity index (χ0n) is 14.2. The molecule has 4 rings (SSSR count). The molecule has 0 spiro atoms. The molecule has 0 bridgehead atoms. The second-order valence-electron chi connectivity index (χ2n) is 6.45. The van der Waals surface area contributed by atoms with E-state index in [1.54, 1.807) is 18.2 Å². The van der Waals surface area contributed by atoms with Gasteiger partial charge >= 0.3 is 6.18 Å². The third kappa shape index (κ3) is 3.57. The molecule has 10 heteroatoms. The number of hydrogen-bond donors (Lipinski definition) is 0. The number of fused-ring (bicyclic) bond motifs is 1. The van der Waals surface area contributed by atoms with Crippen molar-refractivity contribution in [3.05, 3.63) is 52.7 Å². The predicted octanol–water partition coefficient (Wildman–Crippen LogP) is 2.68. The smallest absolute Gasteiger partial charge is 0.406 e. The summed E-state index contributed by atoms with van der Waals surface area (Å²) in [6, 6.07) is 6.01. The third-order valence-electron chi connectivity index (χ3n) is 4.63. The highest BCUT2D eigenvalue weighted by atomic mass is 19.4. The molecule has 0 radical (unpaired) electrons. The molecule has 1 fully saturated rings. The fourth-order valence-electron chi connectivity index (χ4n) is 3.52. The number of aromatic nitrogens is 4. The van der Waals surface area contributed by atoms with Crippen LogP contribution in [0.4, 0.5) is 13.2 Å². The van der Waals surface area contributed by atoms with Gasteiger partial charge in [0.15, 0.2) is 0 Å². The second-order valence-corrected chi connectivity index (χ2v) is 6.45. The molecule has 2 aromatic heterocycles. The van der Waals surface area contributed by atoms with E-state index in [1.165, 1.54) is 12.5 Å². The Morgan fingerprint density at radius 1 is 1.26 bits per heavy atom. The Bertz CT molecular complexity index is 1000. The van der Waals surface area contributed by atoms with Gasteiger partial charge in [-0.05, 0) is 31.5 Å². The fraction of sp³-hybridized carbons (Fsp3) is 0.412. The lowest BCUT2D eigenvalue weighted by molar-refractivity contribution is -0.142. The molecule has 0 aliphatic carbocycles. The highest BCUT2D eigenvalue weighted by Crippen LogP contribution is 2.33. The summed E-state index contributed by atoms with van der Waals surface area (Å²) in [6.45, 7) is -0.439. The molecular formula is C17H16F3N5O2. The molecule has 7 nitrogen and oxygen atoms in total. The summed E-state index contributed by atoms with van der Waals surface area (Å²) < 4.78 is 45.4. The van der Waals surface area contributed by atoms with Gasteiger partial charge in [-0.15, -0.1) is 10.2 Å². The molecule has 27 heavy (non-hydrogen) atoms. The molecule has 1 saturated heterocycles. The molecule has 0 N–H and O–H groups in total. The van der Waals surface area contributed by atoms with E-state index < -0.39 is 24.3 Å². The van der Waals surface area contributed by atoms with Crippen molar-refractivity contribution >= 4 is 10.9 Å². The van der Waals surface area contributed by atoms with Gasteiger partial charge in [-0.2, -0.15) is 13.2 Å². The van der Waals surface area contributed by atoms with E-state index in [4.69, 9.17) is 4.42 Å². The van der Waals surface area contributed by atoms with Gasteiger partial charge in [0.05, 0.1) is 23.5 Å². The van der Waals surface area contributed by atoms with Crippen LogP contribution in [0.2, 0.25) is 0 Å². The van der Waals surface area contributed by atoms with E-state index in [-0.39, 0.29) is 11.2 Å². The Kier molecular flexibility index (Phi) is 4.42. The number of nitrogens with zero attached hydrogens (tertiary/aromatic N) is 5. The minimum absolute atomic E-state index is 0.119. The molecule has 1 aromatic carbocycles. The molecule has 1 aliphatic rings. The van der Waals surface area contributed by atoms with Crippen LogP contribution in [0.3, 0.4) is 0 Å². The van der Waals surface area contributed by atoms with E-state index in [0.29, 0.717) is 30.9 Å². The molecule has 1 atom stereocenters. The van der Waals surface area contributed by atoms with Gasteiger partial charge in [-0.1, -0.05) is 12.1 Å². The van der Waals surface area contributed by atoms with Crippen LogP contribution in [0.1, 0.15) is 30.6 Å². The molecule has 0 saturated carbocycles. The average Bonchev–Trinajstić information content (AvgIpc) is 3.29. The lowest BCUT2D eigenvalue weighted by atomic mass is 10.1. The molecule has 3 aromatic rings. The van der Waals surface area contributed by atoms with E-state index in [1.807, 2.05) is 4.90 Å². The standard InChI is InChI=1S/C17H16F3N5O2/c18-17(19,20)9-25-15(22-12-5-2-1-4-11(12)16(25)26)13-6-3-7-24(13)8-14-23-21-10-27-14/h1-2,4-5,10,13H,3,6-9H2. The average molecular weight is 379 g/mol. The van der Waals surface area contributed by atoms with E-state index in [2.05, 4.69) is 15.2 Å². The molecule has 142 valence electrons. The Hall–Kier alpha value is -2.75. The number of likely N-dealkylation sites (tertiary alicyclic amines) is 1. The van der Waals surface area contributed by atoms with Crippen molar-refractivity contribution in [3.8, 4) is 0 Å². The first-order valence-electron chi connectivity index (χ1n) is 8.48. The monoisotopic (exact) mass is 379 g/mol. The SMILES string of the molecule is O=c1c2ccccc2nc(C2CCCN2Cc2nnco2)n1CC(F)(F)F. The number of benzene rings is 1. The highest BCUT2D eigenvalue weighted by molar-refractivity contribution is 5.77. The van der Waals surface area contributed by atoms with Crippen LogP contribution in [-0.2, 0) is 13.1 Å². The van der Waals surface area contributed by atoms with E-state index in [0.717, 1.165) is 11.0 Å². The van der Waals surface area contributed by atoms with Gasteiger partial charge in [-0.25, -0.2) is 4.98 Å². The molecule has 1 aliphatic heterocycles. The van der Waals surface area contributed by atoms with Crippen molar-refractivity contribution in [3.63, 3.8) is 0 Å². The first-order valence-corrected chi connectivity index (χ1v) is 8.48. The van der Waals surface area contributed by atoms with E-state index >= 15 is 0 Å². The number of hydrogen-bond acceptors (Lipinski definition) is 6. The van der Waals surface area contributed by atoms with Crippen molar-refractivity contribution in [2.45, 2.75) is 38.1 Å². The Labute approximate surface area is 151 Å². The molecule has 0 amide bonds. The molecule has 1 unspecified atom stereocenters. The zero-order chi connectivity index (χ0) is 19.0. The van der Waals surface area contributed by atoms with Crippen LogP contribution < -0.4 is 5.56 Å². The van der Waals surface area contributed by atoms with Crippen molar-refractivity contribution in [1.82, 2.24) is 24.6 Å². The maximum atomic E-state index is 13.2. The van der Waals surface area contributed by atoms with Crippen LogP contribution in [-0.4, -0.2) is 37.4 Å². The lowest BCUT2D eigenvalue weighted by Crippen LogP contribution is -2.35. The summed E-state index contributed by atoms with van der Waals surface area (Å²) in [5.74, 6) is 0.487. The quantitative estimate of drug-likeness (QED) is 0.694. The molecule has 3 heterocycles. The fourth-order valence-corrected chi connectivity index (χ4v) is 3.52. The zero-order valence-corrected chi connectivity index (χ0v) is 14.2. The van der Waals surface area contributed by atoms with Crippen LogP contribution in [0, 0.1) is 0 Å². The predicted molar refractivity (Wildman–Crippen MR) is 88.7 cm³/mol. The largest absolute Gasteiger partial charge is 0.427 e. The first-order chi connectivity index (χ1) is 12.9. The Morgan fingerprint density at radius 3 is 2.81 bits per heavy atom.